The Morgan fingerprint density at radius 2 is 2.00 bits per heavy atom. The zero-order valence-corrected chi connectivity index (χ0v) is 13.1. The maximum Gasteiger partial charge on any atom is 0.178 e. The van der Waals surface area contributed by atoms with Crippen molar-refractivity contribution in [1.29, 1.82) is 0 Å². The van der Waals surface area contributed by atoms with Crippen LogP contribution in [-0.4, -0.2) is 21.1 Å². The van der Waals surface area contributed by atoms with Crippen LogP contribution in [0.15, 0.2) is 18.2 Å². The number of benzene rings is 1. The second kappa shape index (κ2) is 5.33. The van der Waals surface area contributed by atoms with Gasteiger partial charge in [-0.05, 0) is 68.8 Å². The number of rotatable bonds is 2. The molecule has 0 atom stereocenters. The van der Waals surface area contributed by atoms with Crippen molar-refractivity contribution in [2.24, 2.45) is 0 Å². The number of H-pyrrole nitrogens is 1. The van der Waals surface area contributed by atoms with Crippen LogP contribution >= 0.6 is 24.0 Å². The Bertz CT molecular complexity index is 633. The Morgan fingerprint density at radius 3 is 2.68 bits per heavy atom. The molecule has 1 aromatic carbocycles. The number of hydrogen-bond donors (Lipinski definition) is 1. The summed E-state index contributed by atoms with van der Waals surface area (Å²) in [4.78, 5) is 3.36. The number of aryl methyl sites for hydroxylation is 1. The van der Waals surface area contributed by atoms with E-state index in [-0.39, 0.29) is 0 Å². The van der Waals surface area contributed by atoms with Gasteiger partial charge < -0.3 is 9.55 Å². The van der Waals surface area contributed by atoms with Crippen LogP contribution in [0.3, 0.4) is 0 Å². The van der Waals surface area contributed by atoms with Crippen molar-refractivity contribution in [2.75, 3.05) is 6.26 Å². The van der Waals surface area contributed by atoms with Gasteiger partial charge in [0.05, 0.1) is 11.0 Å². The number of thioether (sulfide) groups is 1. The lowest BCUT2D eigenvalue weighted by Crippen LogP contribution is -2.19. The average Bonchev–Trinajstić information content (AvgIpc) is 2.74. The molecule has 0 unspecified atom stereocenters. The van der Waals surface area contributed by atoms with Crippen LogP contribution in [-0.2, 0) is 0 Å². The Morgan fingerprint density at radius 1 is 1.26 bits per heavy atom. The molecule has 1 saturated carbocycles. The van der Waals surface area contributed by atoms with Crippen LogP contribution in [0, 0.1) is 11.7 Å². The van der Waals surface area contributed by atoms with Crippen molar-refractivity contribution >= 4 is 35.0 Å². The van der Waals surface area contributed by atoms with Gasteiger partial charge in [0.15, 0.2) is 4.77 Å². The largest absolute Gasteiger partial charge is 0.331 e. The minimum absolute atomic E-state index is 0.576. The van der Waals surface area contributed by atoms with E-state index in [1.165, 1.54) is 42.3 Å². The summed E-state index contributed by atoms with van der Waals surface area (Å²) in [5.74, 6) is 0. The lowest BCUT2D eigenvalue weighted by Gasteiger charge is -2.28. The normalized spacial score (nSPS) is 23.9. The van der Waals surface area contributed by atoms with Crippen molar-refractivity contribution in [3.8, 4) is 0 Å². The van der Waals surface area contributed by atoms with Crippen LogP contribution in [0.4, 0.5) is 0 Å². The van der Waals surface area contributed by atoms with E-state index in [1.807, 2.05) is 11.8 Å². The fraction of sp³-hybridized carbons (Fsp3) is 0.533. The topological polar surface area (TPSA) is 20.7 Å². The van der Waals surface area contributed by atoms with Gasteiger partial charge in [-0.3, -0.25) is 0 Å². The van der Waals surface area contributed by atoms with E-state index in [1.54, 1.807) is 0 Å². The Kier molecular flexibility index (Phi) is 3.72. The summed E-state index contributed by atoms with van der Waals surface area (Å²) in [7, 11) is 0. The lowest BCUT2D eigenvalue weighted by atomic mass is 9.94. The van der Waals surface area contributed by atoms with E-state index in [9.17, 15) is 0 Å². The number of fused-ring (bicyclic) bond motifs is 1. The van der Waals surface area contributed by atoms with Crippen LogP contribution in [0.5, 0.6) is 0 Å². The molecule has 2 nitrogen and oxygen atoms in total. The number of nitrogens with zero attached hydrogens (tertiary/aromatic N) is 1. The molecule has 0 amide bonds. The molecule has 0 aliphatic heterocycles. The molecule has 1 heterocycles. The fourth-order valence-corrected chi connectivity index (χ4v) is 4.25. The van der Waals surface area contributed by atoms with Gasteiger partial charge in [0, 0.05) is 11.3 Å². The van der Waals surface area contributed by atoms with E-state index < -0.39 is 0 Å². The standard InChI is InChI=1S/C15H20N2S2/c1-10-3-8-14-13(9-10)16-15(18)17(14)11-4-6-12(19-2)7-5-11/h3,8-9,11-12H,4-7H2,1-2H3,(H,16,18). The molecule has 0 bridgehead atoms. The van der Waals surface area contributed by atoms with Crippen molar-refractivity contribution in [3.05, 3.63) is 28.5 Å². The van der Waals surface area contributed by atoms with E-state index in [4.69, 9.17) is 12.2 Å². The summed E-state index contributed by atoms with van der Waals surface area (Å²) in [5, 5.41) is 0.845. The Balaban J connectivity index is 1.97. The van der Waals surface area contributed by atoms with Crippen molar-refractivity contribution < 1.29 is 0 Å². The Hall–Kier alpha value is -0.740. The van der Waals surface area contributed by atoms with Crippen LogP contribution in [0.1, 0.15) is 37.3 Å². The van der Waals surface area contributed by atoms with E-state index >= 15 is 0 Å². The Labute approximate surface area is 123 Å². The van der Waals surface area contributed by atoms with Gasteiger partial charge in [0.2, 0.25) is 0 Å². The van der Waals surface area contributed by atoms with Crippen LogP contribution < -0.4 is 0 Å². The number of imidazole rings is 1. The number of nitrogens with one attached hydrogen (secondary N) is 1. The molecule has 1 fully saturated rings. The van der Waals surface area contributed by atoms with Crippen molar-refractivity contribution in [2.45, 2.75) is 43.9 Å². The molecule has 0 saturated heterocycles. The maximum absolute atomic E-state index is 5.54. The van der Waals surface area contributed by atoms with Crippen molar-refractivity contribution in [3.63, 3.8) is 0 Å². The van der Waals surface area contributed by atoms with Gasteiger partial charge in [-0.15, -0.1) is 0 Å². The lowest BCUT2D eigenvalue weighted by molar-refractivity contribution is 0.364. The summed E-state index contributed by atoms with van der Waals surface area (Å²) < 4.78 is 3.23. The molecule has 4 heteroatoms. The van der Waals surface area contributed by atoms with Gasteiger partial charge in [0.1, 0.15) is 0 Å². The summed E-state index contributed by atoms with van der Waals surface area (Å²) in [6.45, 7) is 2.12. The first-order valence-electron chi connectivity index (χ1n) is 6.92. The first-order chi connectivity index (χ1) is 9.19. The van der Waals surface area contributed by atoms with E-state index in [2.05, 4.69) is 40.9 Å². The molecule has 0 radical (unpaired) electrons. The van der Waals surface area contributed by atoms with Crippen molar-refractivity contribution in [1.82, 2.24) is 9.55 Å². The number of aromatic nitrogens is 2. The molecule has 1 aliphatic carbocycles. The molecule has 2 aromatic rings. The van der Waals surface area contributed by atoms with Crippen LogP contribution in [0.25, 0.3) is 11.0 Å². The summed E-state index contributed by atoms with van der Waals surface area (Å²) in [5.41, 5.74) is 3.72. The number of aromatic amines is 1. The molecule has 0 spiro atoms. The molecule has 1 aromatic heterocycles. The zero-order chi connectivity index (χ0) is 13.4. The summed E-state index contributed by atoms with van der Waals surface area (Å²) in [6.07, 6.45) is 7.35. The smallest absolute Gasteiger partial charge is 0.178 e. The highest BCUT2D eigenvalue weighted by Gasteiger charge is 2.23. The molecule has 1 aliphatic rings. The molecule has 102 valence electrons. The third-order valence-electron chi connectivity index (χ3n) is 4.21. The predicted octanol–water partition coefficient (Wildman–Crippen LogP) is 4.85. The molecule has 3 rings (SSSR count). The minimum atomic E-state index is 0.576. The summed E-state index contributed by atoms with van der Waals surface area (Å²) in [6, 6.07) is 7.15. The highest BCUT2D eigenvalue weighted by Crippen LogP contribution is 2.35. The van der Waals surface area contributed by atoms with Gasteiger partial charge in [-0.2, -0.15) is 11.8 Å². The van der Waals surface area contributed by atoms with E-state index in [0.717, 1.165) is 10.0 Å². The first kappa shape index (κ1) is 13.3. The van der Waals surface area contributed by atoms with Gasteiger partial charge >= 0.3 is 0 Å². The predicted molar refractivity (Wildman–Crippen MR) is 86.7 cm³/mol. The van der Waals surface area contributed by atoms with Crippen LogP contribution in [0.2, 0.25) is 0 Å². The maximum atomic E-state index is 5.54. The van der Waals surface area contributed by atoms with Gasteiger partial charge in [0.25, 0.3) is 0 Å². The minimum Gasteiger partial charge on any atom is -0.331 e. The monoisotopic (exact) mass is 292 g/mol. The van der Waals surface area contributed by atoms with E-state index in [0.29, 0.717) is 6.04 Å². The highest BCUT2D eigenvalue weighted by atomic mass is 32.2. The fourth-order valence-electron chi connectivity index (χ4n) is 3.15. The SMILES string of the molecule is CSC1CCC(n2c(=S)[nH]c3cc(C)ccc32)CC1. The van der Waals surface area contributed by atoms with Gasteiger partial charge in [-0.1, -0.05) is 6.07 Å². The molecular formula is C15H20N2S2. The quantitative estimate of drug-likeness (QED) is 0.798. The molecular weight excluding hydrogens is 272 g/mol. The highest BCUT2D eigenvalue weighted by molar-refractivity contribution is 7.99. The second-order valence-electron chi connectivity index (χ2n) is 5.49. The third-order valence-corrected chi connectivity index (χ3v) is 5.65. The average molecular weight is 292 g/mol. The second-order valence-corrected chi connectivity index (χ2v) is 7.01. The third kappa shape index (κ3) is 2.48. The summed E-state index contributed by atoms with van der Waals surface area (Å²) >= 11 is 7.55. The van der Waals surface area contributed by atoms with Gasteiger partial charge in [-0.25, -0.2) is 0 Å². The zero-order valence-electron chi connectivity index (χ0n) is 11.5. The number of hydrogen-bond acceptors (Lipinski definition) is 2. The molecule has 1 N–H and O–H groups in total. The molecule has 19 heavy (non-hydrogen) atoms. The first-order valence-corrected chi connectivity index (χ1v) is 8.62.